The first-order valence-electron chi connectivity index (χ1n) is 7.13. The number of hydrogen-bond acceptors (Lipinski definition) is 5. The lowest BCUT2D eigenvalue weighted by Gasteiger charge is -2.18. The zero-order chi connectivity index (χ0) is 14.8. The molecule has 3 rings (SSSR count). The highest BCUT2D eigenvalue weighted by Crippen LogP contribution is 2.34. The van der Waals surface area contributed by atoms with Crippen LogP contribution in [0.5, 0.6) is 0 Å². The summed E-state index contributed by atoms with van der Waals surface area (Å²) in [5.74, 6) is 0.0203. The maximum atomic E-state index is 12.5. The minimum atomic E-state index is 0.0203. The normalized spacial score (nSPS) is 24.5. The summed E-state index contributed by atoms with van der Waals surface area (Å²) >= 11 is 8.47. The fourth-order valence-electron chi connectivity index (χ4n) is 2.44. The van der Waals surface area contributed by atoms with E-state index in [0.717, 1.165) is 35.7 Å². The zero-order valence-electron chi connectivity index (χ0n) is 11.8. The van der Waals surface area contributed by atoms with Gasteiger partial charge in [0.25, 0.3) is 5.91 Å². The third kappa shape index (κ3) is 3.39. The summed E-state index contributed by atoms with van der Waals surface area (Å²) in [6.07, 6.45) is 5.21. The van der Waals surface area contributed by atoms with E-state index < -0.39 is 0 Å². The standard InChI is InChI=1S/C15H17NO2S3/c1-2-11-5-6-12(20-11)8-13-14(17)16(15(19)21-13)9-10-4-3-7-18-10/h5-6,8,10H,2-4,7,9H2,1H3/b13-8-/t10-/m1/s1. The molecule has 2 saturated heterocycles. The highest BCUT2D eigenvalue weighted by atomic mass is 32.2. The maximum absolute atomic E-state index is 12.5. The van der Waals surface area contributed by atoms with E-state index in [0.29, 0.717) is 10.9 Å². The first-order chi connectivity index (χ1) is 10.2. The smallest absolute Gasteiger partial charge is 0.266 e. The van der Waals surface area contributed by atoms with E-state index in [2.05, 4.69) is 19.1 Å². The van der Waals surface area contributed by atoms with Crippen molar-refractivity contribution in [2.24, 2.45) is 0 Å². The Hall–Kier alpha value is -0.690. The molecule has 1 amide bonds. The number of amides is 1. The molecule has 2 fully saturated rings. The first-order valence-corrected chi connectivity index (χ1v) is 9.17. The van der Waals surface area contributed by atoms with E-state index in [9.17, 15) is 4.79 Å². The van der Waals surface area contributed by atoms with Crippen molar-refractivity contribution in [3.05, 3.63) is 26.8 Å². The number of thiocarbonyl (C=S) groups is 1. The van der Waals surface area contributed by atoms with Gasteiger partial charge in [-0.25, -0.2) is 0 Å². The molecule has 2 aliphatic rings. The summed E-state index contributed by atoms with van der Waals surface area (Å²) in [4.78, 5) is 17.3. The van der Waals surface area contributed by atoms with Gasteiger partial charge < -0.3 is 4.74 Å². The molecular formula is C15H17NO2S3. The molecule has 0 N–H and O–H groups in total. The largest absolute Gasteiger partial charge is 0.376 e. The number of thiophene rings is 1. The van der Waals surface area contributed by atoms with Crippen LogP contribution < -0.4 is 0 Å². The SMILES string of the molecule is CCc1ccc(/C=C2\SC(=S)N(C[C@H]3CCCO3)C2=O)s1. The maximum Gasteiger partial charge on any atom is 0.266 e. The molecule has 112 valence electrons. The zero-order valence-corrected chi connectivity index (χ0v) is 14.3. The van der Waals surface area contributed by atoms with E-state index in [4.69, 9.17) is 17.0 Å². The molecule has 3 nitrogen and oxygen atoms in total. The second-order valence-electron chi connectivity index (χ2n) is 5.08. The molecule has 21 heavy (non-hydrogen) atoms. The molecule has 3 heterocycles. The number of ether oxygens (including phenoxy) is 1. The predicted molar refractivity (Wildman–Crippen MR) is 92.6 cm³/mol. The van der Waals surface area contributed by atoms with Crippen LogP contribution in [0.2, 0.25) is 0 Å². The fraction of sp³-hybridized carbons (Fsp3) is 0.467. The highest BCUT2D eigenvalue weighted by Gasteiger charge is 2.34. The quantitative estimate of drug-likeness (QED) is 0.618. The molecule has 0 spiro atoms. The molecule has 1 atom stereocenters. The van der Waals surface area contributed by atoms with Crippen LogP contribution in [0.3, 0.4) is 0 Å². The lowest BCUT2D eigenvalue weighted by atomic mass is 10.2. The van der Waals surface area contributed by atoms with Crippen LogP contribution in [-0.2, 0) is 16.0 Å². The van der Waals surface area contributed by atoms with Gasteiger partial charge in [0.2, 0.25) is 0 Å². The van der Waals surface area contributed by atoms with Crippen molar-refractivity contribution in [1.82, 2.24) is 4.90 Å². The Morgan fingerprint density at radius 2 is 2.38 bits per heavy atom. The molecule has 0 saturated carbocycles. The van der Waals surface area contributed by atoms with Gasteiger partial charge in [-0.05, 0) is 37.5 Å². The van der Waals surface area contributed by atoms with Crippen molar-refractivity contribution in [3.63, 3.8) is 0 Å². The van der Waals surface area contributed by atoms with Gasteiger partial charge in [0, 0.05) is 16.4 Å². The van der Waals surface area contributed by atoms with E-state index >= 15 is 0 Å². The molecule has 6 heteroatoms. The minimum absolute atomic E-state index is 0.0203. The number of hydrogen-bond donors (Lipinski definition) is 0. The van der Waals surface area contributed by atoms with Crippen LogP contribution in [-0.4, -0.2) is 34.4 Å². The predicted octanol–water partition coefficient (Wildman–Crippen LogP) is 3.69. The van der Waals surface area contributed by atoms with E-state index in [1.807, 2.05) is 6.08 Å². The van der Waals surface area contributed by atoms with Crippen LogP contribution >= 0.6 is 35.3 Å². The fourth-order valence-corrected chi connectivity index (χ4v) is 4.68. The first kappa shape index (κ1) is 15.2. The molecule has 0 aromatic carbocycles. The summed E-state index contributed by atoms with van der Waals surface area (Å²) in [5.41, 5.74) is 0. The summed E-state index contributed by atoms with van der Waals surface area (Å²) in [5, 5.41) is 0. The third-order valence-corrected chi connectivity index (χ3v) is 6.14. The monoisotopic (exact) mass is 339 g/mol. The van der Waals surface area contributed by atoms with Crippen molar-refractivity contribution in [2.45, 2.75) is 32.3 Å². The number of aryl methyl sites for hydroxylation is 1. The lowest BCUT2D eigenvalue weighted by molar-refractivity contribution is -0.123. The Balaban J connectivity index is 1.72. The molecular weight excluding hydrogens is 322 g/mol. The Morgan fingerprint density at radius 3 is 3.05 bits per heavy atom. The summed E-state index contributed by atoms with van der Waals surface area (Å²) in [7, 11) is 0. The van der Waals surface area contributed by atoms with Gasteiger partial charge in [-0.1, -0.05) is 30.9 Å². The van der Waals surface area contributed by atoms with Crippen molar-refractivity contribution in [3.8, 4) is 0 Å². The van der Waals surface area contributed by atoms with Gasteiger partial charge in [0.05, 0.1) is 17.6 Å². The summed E-state index contributed by atoms with van der Waals surface area (Å²) in [6.45, 7) is 3.52. The van der Waals surface area contributed by atoms with E-state index in [1.54, 1.807) is 16.2 Å². The average Bonchev–Trinajstić information content (AvgIpc) is 3.18. The van der Waals surface area contributed by atoms with Crippen LogP contribution in [0.25, 0.3) is 6.08 Å². The molecule has 1 aromatic heterocycles. The minimum Gasteiger partial charge on any atom is -0.376 e. The molecule has 0 aliphatic carbocycles. The highest BCUT2D eigenvalue weighted by molar-refractivity contribution is 8.26. The summed E-state index contributed by atoms with van der Waals surface area (Å²) in [6, 6.07) is 4.18. The Morgan fingerprint density at radius 1 is 1.52 bits per heavy atom. The Bertz CT molecular complexity index is 587. The van der Waals surface area contributed by atoms with Crippen molar-refractivity contribution in [2.75, 3.05) is 13.2 Å². The number of rotatable bonds is 4. The van der Waals surface area contributed by atoms with Gasteiger partial charge in [-0.3, -0.25) is 9.69 Å². The van der Waals surface area contributed by atoms with Crippen molar-refractivity contribution in [1.29, 1.82) is 0 Å². The molecule has 0 bridgehead atoms. The lowest BCUT2D eigenvalue weighted by Crippen LogP contribution is -2.35. The number of thioether (sulfide) groups is 1. The Labute approximate surface area is 138 Å². The van der Waals surface area contributed by atoms with Gasteiger partial charge in [0.15, 0.2) is 0 Å². The van der Waals surface area contributed by atoms with Crippen LogP contribution in [0.4, 0.5) is 0 Å². The molecule has 0 radical (unpaired) electrons. The van der Waals surface area contributed by atoms with Gasteiger partial charge in [-0.15, -0.1) is 11.3 Å². The Kier molecular flexibility index (Phi) is 4.78. The van der Waals surface area contributed by atoms with Crippen LogP contribution in [0.15, 0.2) is 17.0 Å². The third-order valence-electron chi connectivity index (χ3n) is 3.59. The second-order valence-corrected chi connectivity index (χ2v) is 7.96. The summed E-state index contributed by atoms with van der Waals surface area (Å²) < 4.78 is 6.25. The van der Waals surface area contributed by atoms with Gasteiger partial charge in [-0.2, -0.15) is 0 Å². The number of carbonyl (C=O) groups is 1. The van der Waals surface area contributed by atoms with Crippen molar-refractivity contribution >= 4 is 51.6 Å². The molecule has 0 unspecified atom stereocenters. The van der Waals surface area contributed by atoms with Crippen LogP contribution in [0.1, 0.15) is 29.5 Å². The van der Waals surface area contributed by atoms with E-state index in [1.165, 1.54) is 16.6 Å². The van der Waals surface area contributed by atoms with E-state index in [-0.39, 0.29) is 12.0 Å². The van der Waals surface area contributed by atoms with Gasteiger partial charge >= 0.3 is 0 Å². The van der Waals surface area contributed by atoms with Crippen molar-refractivity contribution < 1.29 is 9.53 Å². The number of carbonyl (C=O) groups excluding carboxylic acids is 1. The molecule has 1 aromatic rings. The average molecular weight is 340 g/mol. The number of nitrogens with zero attached hydrogens (tertiary/aromatic N) is 1. The van der Waals surface area contributed by atoms with Gasteiger partial charge in [0.1, 0.15) is 4.32 Å². The van der Waals surface area contributed by atoms with Crippen LogP contribution in [0, 0.1) is 0 Å². The molecule has 2 aliphatic heterocycles. The second kappa shape index (κ2) is 6.60. The topological polar surface area (TPSA) is 29.5 Å².